The maximum Gasteiger partial charge on any atom is 0.433 e. The van der Waals surface area contributed by atoms with E-state index in [1.54, 1.807) is 48.5 Å². The van der Waals surface area contributed by atoms with Crippen LogP contribution in [0.5, 0.6) is 0 Å². The average Bonchev–Trinajstić information content (AvgIpc) is 3.28. The van der Waals surface area contributed by atoms with E-state index in [0.29, 0.717) is 16.9 Å². The minimum absolute atomic E-state index is 0.0848. The van der Waals surface area contributed by atoms with Crippen molar-refractivity contribution in [2.24, 2.45) is 5.10 Å². The van der Waals surface area contributed by atoms with E-state index in [-0.39, 0.29) is 23.1 Å². The van der Waals surface area contributed by atoms with Gasteiger partial charge in [-0.15, -0.1) is 0 Å². The van der Waals surface area contributed by atoms with Crippen molar-refractivity contribution in [1.29, 1.82) is 0 Å². The Bertz CT molecular complexity index is 1320. The van der Waals surface area contributed by atoms with Gasteiger partial charge in [-0.05, 0) is 18.2 Å². The summed E-state index contributed by atoms with van der Waals surface area (Å²) in [5.41, 5.74) is 2.26. The molecule has 0 aliphatic carbocycles. The van der Waals surface area contributed by atoms with E-state index in [4.69, 9.17) is 4.42 Å². The molecular weight excluding hydrogens is 439 g/mol. The van der Waals surface area contributed by atoms with Crippen molar-refractivity contribution < 1.29 is 22.5 Å². The van der Waals surface area contributed by atoms with Gasteiger partial charge in [0.05, 0.1) is 16.8 Å². The summed E-state index contributed by atoms with van der Waals surface area (Å²) in [4.78, 5) is 18.0. The second-order valence-corrected chi connectivity index (χ2v) is 6.71. The second-order valence-electron chi connectivity index (χ2n) is 6.71. The Kier molecular flexibility index (Phi) is 5.85. The summed E-state index contributed by atoms with van der Waals surface area (Å²) in [5.74, 6) is 0.284. The van der Waals surface area contributed by atoms with Crippen molar-refractivity contribution in [2.45, 2.75) is 6.18 Å². The Hall–Kier alpha value is -4.54. The number of nitro benzene ring substituents is 1. The highest BCUT2D eigenvalue weighted by Gasteiger charge is 2.33. The van der Waals surface area contributed by atoms with Crippen molar-refractivity contribution in [3.63, 3.8) is 0 Å². The molecule has 1 N–H and O–H groups in total. The predicted octanol–water partition coefficient (Wildman–Crippen LogP) is 5.78. The van der Waals surface area contributed by atoms with Crippen LogP contribution in [0.25, 0.3) is 22.6 Å². The number of benzene rings is 2. The van der Waals surface area contributed by atoms with Gasteiger partial charge in [-0.1, -0.05) is 42.5 Å². The standard InChI is InChI=1S/C22H14F3N5O3/c23-22(24,25)20-12-18(14-5-2-1-3-6-14)27-21(28-20)29-26-13-17-9-10-19(33-17)15-7-4-8-16(11-15)30(31)32/h1-13H,(H,27,28,29)/b26-13-. The molecule has 8 nitrogen and oxygen atoms in total. The van der Waals surface area contributed by atoms with E-state index in [0.717, 1.165) is 6.07 Å². The largest absolute Gasteiger partial charge is 0.455 e. The first-order valence-corrected chi connectivity index (χ1v) is 9.45. The number of hydrogen-bond acceptors (Lipinski definition) is 7. The van der Waals surface area contributed by atoms with E-state index < -0.39 is 16.8 Å². The molecule has 2 aromatic carbocycles. The van der Waals surface area contributed by atoms with Gasteiger partial charge in [-0.25, -0.2) is 15.4 Å². The highest BCUT2D eigenvalue weighted by Crippen LogP contribution is 2.31. The molecule has 33 heavy (non-hydrogen) atoms. The topological polar surface area (TPSA) is 106 Å². The fourth-order valence-corrected chi connectivity index (χ4v) is 2.90. The Morgan fingerprint density at radius 2 is 1.73 bits per heavy atom. The van der Waals surface area contributed by atoms with Crippen molar-refractivity contribution >= 4 is 17.9 Å². The van der Waals surface area contributed by atoms with Crippen LogP contribution in [0.4, 0.5) is 24.8 Å². The van der Waals surface area contributed by atoms with Crippen LogP contribution in [-0.2, 0) is 6.18 Å². The molecule has 2 aromatic heterocycles. The van der Waals surface area contributed by atoms with E-state index in [2.05, 4.69) is 20.5 Å². The number of nitrogens with zero attached hydrogens (tertiary/aromatic N) is 4. The molecule has 0 aliphatic heterocycles. The predicted molar refractivity (Wildman–Crippen MR) is 114 cm³/mol. The molecular formula is C22H14F3N5O3. The van der Waals surface area contributed by atoms with Crippen molar-refractivity contribution in [3.05, 3.63) is 94.4 Å². The number of hydrazone groups is 1. The molecule has 0 fully saturated rings. The zero-order chi connectivity index (χ0) is 23.4. The molecule has 4 aromatic rings. The van der Waals surface area contributed by atoms with Crippen LogP contribution in [0, 0.1) is 10.1 Å². The van der Waals surface area contributed by atoms with E-state index >= 15 is 0 Å². The molecule has 2 heterocycles. The highest BCUT2D eigenvalue weighted by atomic mass is 19.4. The Labute approximate surface area is 184 Å². The highest BCUT2D eigenvalue weighted by molar-refractivity contribution is 5.78. The number of halogens is 3. The molecule has 4 rings (SSSR count). The normalized spacial score (nSPS) is 11.6. The van der Waals surface area contributed by atoms with Crippen LogP contribution < -0.4 is 5.43 Å². The van der Waals surface area contributed by atoms with Crippen molar-refractivity contribution in [2.75, 3.05) is 5.43 Å². The quantitative estimate of drug-likeness (QED) is 0.225. The lowest BCUT2D eigenvalue weighted by molar-refractivity contribution is -0.384. The number of alkyl halides is 3. The van der Waals surface area contributed by atoms with E-state index in [1.165, 1.54) is 24.4 Å². The number of aromatic nitrogens is 2. The van der Waals surface area contributed by atoms with Crippen molar-refractivity contribution in [3.8, 4) is 22.6 Å². The van der Waals surface area contributed by atoms with Gasteiger partial charge in [0.1, 0.15) is 11.5 Å². The molecule has 0 saturated carbocycles. The third kappa shape index (κ3) is 5.21. The molecule has 166 valence electrons. The minimum Gasteiger partial charge on any atom is -0.455 e. The summed E-state index contributed by atoms with van der Waals surface area (Å²) in [6.45, 7) is 0. The maximum atomic E-state index is 13.3. The van der Waals surface area contributed by atoms with Crippen LogP contribution in [0.15, 0.2) is 82.3 Å². The summed E-state index contributed by atoms with van der Waals surface area (Å²) in [6.07, 6.45) is -3.44. The molecule has 0 radical (unpaired) electrons. The zero-order valence-electron chi connectivity index (χ0n) is 16.7. The van der Waals surface area contributed by atoms with Gasteiger partial charge in [0.25, 0.3) is 5.69 Å². The molecule has 0 amide bonds. The third-order valence-corrected chi connectivity index (χ3v) is 4.41. The van der Waals surface area contributed by atoms with Gasteiger partial charge in [0, 0.05) is 23.3 Å². The maximum absolute atomic E-state index is 13.3. The number of anilines is 1. The molecule has 0 saturated heterocycles. The molecule has 0 aliphatic rings. The number of nitro groups is 1. The van der Waals surface area contributed by atoms with Crippen LogP contribution in [0.2, 0.25) is 0 Å². The van der Waals surface area contributed by atoms with Gasteiger partial charge >= 0.3 is 6.18 Å². The first kappa shape index (κ1) is 21.7. The summed E-state index contributed by atoms with van der Waals surface area (Å²) in [6, 6.07) is 18.3. The lowest BCUT2D eigenvalue weighted by Crippen LogP contribution is -2.11. The number of non-ortho nitro benzene ring substituents is 1. The van der Waals surface area contributed by atoms with Gasteiger partial charge in [0.2, 0.25) is 5.95 Å². The lowest BCUT2D eigenvalue weighted by Gasteiger charge is -2.10. The van der Waals surface area contributed by atoms with Crippen LogP contribution in [0.3, 0.4) is 0 Å². The van der Waals surface area contributed by atoms with Gasteiger partial charge in [-0.2, -0.15) is 18.3 Å². The van der Waals surface area contributed by atoms with Crippen LogP contribution in [-0.4, -0.2) is 21.1 Å². The lowest BCUT2D eigenvalue weighted by atomic mass is 10.1. The number of rotatable bonds is 6. The van der Waals surface area contributed by atoms with Crippen molar-refractivity contribution in [1.82, 2.24) is 9.97 Å². The fourth-order valence-electron chi connectivity index (χ4n) is 2.90. The number of nitrogens with one attached hydrogen (secondary N) is 1. The Morgan fingerprint density at radius 3 is 2.45 bits per heavy atom. The summed E-state index contributed by atoms with van der Waals surface area (Å²) in [5, 5.41) is 14.8. The van der Waals surface area contributed by atoms with Gasteiger partial charge in [-0.3, -0.25) is 10.1 Å². The molecule has 0 bridgehead atoms. The van der Waals surface area contributed by atoms with Gasteiger partial charge in [0.15, 0.2) is 5.69 Å². The van der Waals surface area contributed by atoms with E-state index in [9.17, 15) is 23.3 Å². The minimum atomic E-state index is -4.67. The number of hydrogen-bond donors (Lipinski definition) is 1. The Morgan fingerprint density at radius 1 is 0.970 bits per heavy atom. The molecule has 0 atom stereocenters. The number of furan rings is 1. The monoisotopic (exact) mass is 453 g/mol. The van der Waals surface area contributed by atoms with Crippen LogP contribution >= 0.6 is 0 Å². The Balaban J connectivity index is 1.55. The van der Waals surface area contributed by atoms with E-state index in [1.807, 2.05) is 0 Å². The first-order chi connectivity index (χ1) is 15.8. The summed E-state index contributed by atoms with van der Waals surface area (Å²) < 4.78 is 45.4. The van der Waals surface area contributed by atoms with Crippen LogP contribution in [0.1, 0.15) is 11.5 Å². The SMILES string of the molecule is O=[N+]([O-])c1cccc(-c2ccc(/C=N\Nc3nc(-c4ccccc4)cc(C(F)(F)F)n3)o2)c1. The average molecular weight is 453 g/mol. The third-order valence-electron chi connectivity index (χ3n) is 4.41. The molecule has 0 spiro atoms. The first-order valence-electron chi connectivity index (χ1n) is 9.45. The van der Waals surface area contributed by atoms with Gasteiger partial charge < -0.3 is 4.42 Å². The fraction of sp³-hybridized carbons (Fsp3) is 0.0455. The molecule has 11 heteroatoms. The summed E-state index contributed by atoms with van der Waals surface area (Å²) in [7, 11) is 0. The zero-order valence-corrected chi connectivity index (χ0v) is 16.7. The smallest absolute Gasteiger partial charge is 0.433 e. The molecule has 0 unspecified atom stereocenters. The summed E-state index contributed by atoms with van der Waals surface area (Å²) >= 11 is 0. The second kappa shape index (κ2) is 8.91.